The number of nitriles is 1. The number of nitrogens with one attached hydrogen (secondary N) is 1. The fraction of sp³-hybridized carbons (Fsp3) is 0.389. The van der Waals surface area contributed by atoms with Crippen LogP contribution in [0.25, 0.3) is 10.8 Å². The smallest absolute Gasteiger partial charge is 0.0669 e. The minimum absolute atomic E-state index is 0.134. The predicted molar refractivity (Wildman–Crippen MR) is 84.7 cm³/mol. The molecule has 2 aromatic carbocycles. The molecule has 2 heteroatoms. The van der Waals surface area contributed by atoms with Crippen LogP contribution in [-0.2, 0) is 6.42 Å². The summed E-state index contributed by atoms with van der Waals surface area (Å²) in [4.78, 5) is 0. The molecule has 0 amide bonds. The molecule has 1 atom stereocenters. The SMILES string of the molecule is CCC(C#N)CNCCc1ccc2cc(C)ccc2c1. The minimum Gasteiger partial charge on any atom is -0.315 e. The summed E-state index contributed by atoms with van der Waals surface area (Å²) in [6.45, 7) is 5.90. The number of nitrogens with zero attached hydrogens (tertiary/aromatic N) is 1. The van der Waals surface area contributed by atoms with E-state index in [1.54, 1.807) is 0 Å². The molecule has 0 saturated heterocycles. The van der Waals surface area contributed by atoms with Crippen molar-refractivity contribution in [3.05, 3.63) is 47.5 Å². The van der Waals surface area contributed by atoms with E-state index in [4.69, 9.17) is 5.26 Å². The molecule has 0 radical (unpaired) electrons. The summed E-state index contributed by atoms with van der Waals surface area (Å²) in [5.74, 6) is 0.134. The second-order valence-electron chi connectivity index (χ2n) is 5.37. The molecule has 0 aliphatic rings. The van der Waals surface area contributed by atoms with Crippen LogP contribution in [0.15, 0.2) is 36.4 Å². The molecule has 0 aliphatic heterocycles. The van der Waals surface area contributed by atoms with Crippen molar-refractivity contribution in [3.63, 3.8) is 0 Å². The zero-order chi connectivity index (χ0) is 14.4. The van der Waals surface area contributed by atoms with Crippen molar-refractivity contribution < 1.29 is 0 Å². The monoisotopic (exact) mass is 266 g/mol. The van der Waals surface area contributed by atoms with Gasteiger partial charge < -0.3 is 5.32 Å². The van der Waals surface area contributed by atoms with Crippen molar-refractivity contribution in [1.82, 2.24) is 5.32 Å². The van der Waals surface area contributed by atoms with Crippen molar-refractivity contribution >= 4 is 10.8 Å². The third kappa shape index (κ3) is 3.82. The Bertz CT molecular complexity index is 610. The Hall–Kier alpha value is -1.85. The van der Waals surface area contributed by atoms with Crippen LogP contribution < -0.4 is 5.32 Å². The van der Waals surface area contributed by atoms with Crippen molar-refractivity contribution in [2.75, 3.05) is 13.1 Å². The molecule has 0 fully saturated rings. The summed E-state index contributed by atoms with van der Waals surface area (Å²) in [5.41, 5.74) is 2.65. The predicted octanol–water partition coefficient (Wildman–Crippen LogP) is 3.83. The quantitative estimate of drug-likeness (QED) is 0.807. The van der Waals surface area contributed by atoms with Gasteiger partial charge in [-0.3, -0.25) is 0 Å². The van der Waals surface area contributed by atoms with Gasteiger partial charge in [-0.1, -0.05) is 48.9 Å². The molecule has 1 unspecified atom stereocenters. The molecule has 2 nitrogen and oxygen atoms in total. The summed E-state index contributed by atoms with van der Waals surface area (Å²) < 4.78 is 0. The largest absolute Gasteiger partial charge is 0.315 e. The van der Waals surface area contributed by atoms with Gasteiger partial charge in [0.15, 0.2) is 0 Å². The normalized spacial score (nSPS) is 12.2. The Balaban J connectivity index is 1.91. The second-order valence-corrected chi connectivity index (χ2v) is 5.37. The maximum absolute atomic E-state index is 8.89. The van der Waals surface area contributed by atoms with Gasteiger partial charge in [-0.15, -0.1) is 0 Å². The first kappa shape index (κ1) is 14.6. The Morgan fingerprint density at radius 3 is 2.65 bits per heavy atom. The highest BCUT2D eigenvalue weighted by molar-refractivity contribution is 5.83. The van der Waals surface area contributed by atoms with E-state index in [9.17, 15) is 0 Å². The zero-order valence-electron chi connectivity index (χ0n) is 12.3. The molecular weight excluding hydrogens is 244 g/mol. The summed E-state index contributed by atoms with van der Waals surface area (Å²) in [6.07, 6.45) is 1.92. The molecule has 20 heavy (non-hydrogen) atoms. The molecule has 0 spiro atoms. The van der Waals surface area contributed by atoms with E-state index >= 15 is 0 Å². The number of hydrogen-bond acceptors (Lipinski definition) is 2. The molecule has 2 rings (SSSR count). The van der Waals surface area contributed by atoms with Crippen LogP contribution in [0.3, 0.4) is 0 Å². The first-order chi connectivity index (χ1) is 9.72. The molecule has 0 aliphatic carbocycles. The zero-order valence-corrected chi connectivity index (χ0v) is 12.3. The average Bonchev–Trinajstić information content (AvgIpc) is 2.47. The molecule has 2 aromatic rings. The van der Waals surface area contributed by atoms with Crippen LogP contribution in [0.1, 0.15) is 24.5 Å². The van der Waals surface area contributed by atoms with Crippen LogP contribution >= 0.6 is 0 Å². The lowest BCUT2D eigenvalue weighted by Gasteiger charge is -2.09. The summed E-state index contributed by atoms with van der Waals surface area (Å²) >= 11 is 0. The van der Waals surface area contributed by atoms with Crippen LogP contribution in [-0.4, -0.2) is 13.1 Å². The highest BCUT2D eigenvalue weighted by Crippen LogP contribution is 2.17. The fourth-order valence-corrected chi connectivity index (χ4v) is 2.36. The number of aryl methyl sites for hydroxylation is 1. The highest BCUT2D eigenvalue weighted by Gasteiger charge is 2.03. The molecule has 104 valence electrons. The van der Waals surface area contributed by atoms with Crippen molar-refractivity contribution in [1.29, 1.82) is 5.26 Å². The van der Waals surface area contributed by atoms with Gasteiger partial charge in [0, 0.05) is 6.54 Å². The first-order valence-electron chi connectivity index (χ1n) is 7.32. The van der Waals surface area contributed by atoms with Gasteiger partial charge in [0.05, 0.1) is 12.0 Å². The molecule has 0 saturated carbocycles. The molecule has 0 heterocycles. The van der Waals surface area contributed by atoms with Gasteiger partial charge >= 0.3 is 0 Å². The second kappa shape index (κ2) is 7.07. The van der Waals surface area contributed by atoms with Gasteiger partial charge in [-0.05, 0) is 42.6 Å². The van der Waals surface area contributed by atoms with Gasteiger partial charge in [0.25, 0.3) is 0 Å². The van der Waals surface area contributed by atoms with Gasteiger partial charge in [0.2, 0.25) is 0 Å². The maximum atomic E-state index is 8.89. The Morgan fingerprint density at radius 2 is 1.90 bits per heavy atom. The van der Waals surface area contributed by atoms with Gasteiger partial charge in [-0.2, -0.15) is 5.26 Å². The fourth-order valence-electron chi connectivity index (χ4n) is 2.36. The summed E-state index contributed by atoms with van der Waals surface area (Å²) in [7, 11) is 0. The van der Waals surface area contributed by atoms with E-state index in [0.717, 1.165) is 25.9 Å². The van der Waals surface area contributed by atoms with E-state index in [0.29, 0.717) is 0 Å². The lowest BCUT2D eigenvalue weighted by Crippen LogP contribution is -2.23. The van der Waals surface area contributed by atoms with Crippen LogP contribution in [0, 0.1) is 24.2 Å². The topological polar surface area (TPSA) is 35.8 Å². The Labute approximate surface area is 121 Å². The lowest BCUT2D eigenvalue weighted by atomic mass is 10.0. The van der Waals surface area contributed by atoms with Crippen molar-refractivity contribution in [2.24, 2.45) is 5.92 Å². The van der Waals surface area contributed by atoms with Crippen LogP contribution in [0.2, 0.25) is 0 Å². The summed E-state index contributed by atoms with van der Waals surface area (Å²) in [6, 6.07) is 15.5. The highest BCUT2D eigenvalue weighted by atomic mass is 14.8. The van der Waals surface area contributed by atoms with E-state index < -0.39 is 0 Å². The Morgan fingerprint density at radius 1 is 1.15 bits per heavy atom. The first-order valence-corrected chi connectivity index (χ1v) is 7.32. The van der Waals surface area contributed by atoms with Crippen LogP contribution in [0.5, 0.6) is 0 Å². The maximum Gasteiger partial charge on any atom is 0.0669 e. The summed E-state index contributed by atoms with van der Waals surface area (Å²) in [5, 5.41) is 14.9. The third-order valence-corrected chi connectivity index (χ3v) is 3.72. The molecule has 0 bridgehead atoms. The number of fused-ring (bicyclic) bond motifs is 1. The number of benzene rings is 2. The van der Waals surface area contributed by atoms with E-state index in [1.165, 1.54) is 21.9 Å². The van der Waals surface area contributed by atoms with Gasteiger partial charge in [0.1, 0.15) is 0 Å². The standard InChI is InChI=1S/C18H22N2/c1-3-15(12-19)13-20-9-8-16-5-7-17-10-14(2)4-6-18(17)11-16/h4-7,10-11,15,20H,3,8-9,13H2,1-2H3. The van der Waals surface area contributed by atoms with Crippen molar-refractivity contribution in [3.8, 4) is 6.07 Å². The van der Waals surface area contributed by atoms with E-state index in [1.807, 2.05) is 0 Å². The lowest BCUT2D eigenvalue weighted by molar-refractivity contribution is 0.555. The number of rotatable bonds is 6. The third-order valence-electron chi connectivity index (χ3n) is 3.72. The minimum atomic E-state index is 0.134. The van der Waals surface area contributed by atoms with Crippen LogP contribution in [0.4, 0.5) is 0 Å². The van der Waals surface area contributed by atoms with Gasteiger partial charge in [-0.25, -0.2) is 0 Å². The molecule has 0 aromatic heterocycles. The number of hydrogen-bond donors (Lipinski definition) is 1. The average molecular weight is 266 g/mol. The van der Waals surface area contributed by atoms with Crippen molar-refractivity contribution in [2.45, 2.75) is 26.7 Å². The molecule has 1 N–H and O–H groups in total. The van der Waals surface area contributed by atoms with E-state index in [2.05, 4.69) is 61.6 Å². The molecular formula is C18H22N2. The van der Waals surface area contributed by atoms with E-state index in [-0.39, 0.29) is 5.92 Å². The Kier molecular flexibility index (Phi) is 5.15.